The second-order valence-electron chi connectivity index (χ2n) is 9.49. The van der Waals surface area contributed by atoms with Crippen LogP contribution in [-0.2, 0) is 6.61 Å². The van der Waals surface area contributed by atoms with E-state index < -0.39 is 0 Å². The maximum atomic E-state index is 10.3. The molecular formula is C35H28Cl2N2O5. The summed E-state index contributed by atoms with van der Waals surface area (Å²) >= 11 is 12.7. The Morgan fingerprint density at radius 3 is 2.07 bits per heavy atom. The number of hydrogen-bond acceptors (Lipinski definition) is 7. The Labute approximate surface area is 265 Å². The largest absolute Gasteiger partial charge is 0.497 e. The van der Waals surface area contributed by atoms with Gasteiger partial charge in [-0.2, -0.15) is 5.26 Å². The van der Waals surface area contributed by atoms with E-state index in [1.54, 1.807) is 44.7 Å². The molecule has 5 aromatic rings. The summed E-state index contributed by atoms with van der Waals surface area (Å²) in [5.74, 6) is 2.94. The third kappa shape index (κ3) is 6.84. The zero-order valence-corrected chi connectivity index (χ0v) is 25.8. The van der Waals surface area contributed by atoms with Gasteiger partial charge in [0.2, 0.25) is 5.88 Å². The first-order chi connectivity index (χ1) is 21.4. The SMILES string of the molecule is CCOc1cc(C=Nc2oc(-c3ccc(OC)cc3)c(-c3ccc(OC)cc3)c2C#N)cc(Cl)c1OCc1ccc(Cl)cc1. The van der Waals surface area contributed by atoms with Gasteiger partial charge >= 0.3 is 0 Å². The molecule has 0 saturated heterocycles. The topological polar surface area (TPSA) is 86.2 Å². The molecule has 0 saturated carbocycles. The van der Waals surface area contributed by atoms with Crippen molar-refractivity contribution in [3.63, 3.8) is 0 Å². The maximum Gasteiger partial charge on any atom is 0.238 e. The average Bonchev–Trinajstić information content (AvgIpc) is 3.43. The Balaban J connectivity index is 1.52. The van der Waals surface area contributed by atoms with Crippen molar-refractivity contribution in [2.75, 3.05) is 20.8 Å². The minimum atomic E-state index is 0.154. The summed E-state index contributed by atoms with van der Waals surface area (Å²) < 4.78 is 28.8. The van der Waals surface area contributed by atoms with Gasteiger partial charge in [-0.25, -0.2) is 4.99 Å². The van der Waals surface area contributed by atoms with Crippen LogP contribution in [0.25, 0.3) is 22.5 Å². The Bertz CT molecular complexity index is 1810. The van der Waals surface area contributed by atoms with Crippen LogP contribution in [0.5, 0.6) is 23.0 Å². The van der Waals surface area contributed by atoms with Gasteiger partial charge in [0.15, 0.2) is 11.5 Å². The number of benzene rings is 4. The highest BCUT2D eigenvalue weighted by atomic mass is 35.5. The fraction of sp³-hybridized carbons (Fsp3) is 0.143. The monoisotopic (exact) mass is 626 g/mol. The van der Waals surface area contributed by atoms with E-state index in [-0.39, 0.29) is 18.1 Å². The van der Waals surface area contributed by atoms with Crippen LogP contribution in [0.3, 0.4) is 0 Å². The summed E-state index contributed by atoms with van der Waals surface area (Å²) in [5, 5.41) is 11.3. The molecule has 1 aromatic heterocycles. The van der Waals surface area contributed by atoms with Gasteiger partial charge in [-0.3, -0.25) is 0 Å². The van der Waals surface area contributed by atoms with Gasteiger partial charge in [0.25, 0.3) is 0 Å². The van der Waals surface area contributed by atoms with E-state index >= 15 is 0 Å². The van der Waals surface area contributed by atoms with Crippen LogP contribution in [0.2, 0.25) is 10.0 Å². The summed E-state index contributed by atoms with van der Waals surface area (Å²) in [4.78, 5) is 4.59. The van der Waals surface area contributed by atoms with Crippen LogP contribution in [-0.4, -0.2) is 27.0 Å². The number of aliphatic imine (C=N–C) groups is 1. The smallest absolute Gasteiger partial charge is 0.238 e. The van der Waals surface area contributed by atoms with Crippen molar-refractivity contribution in [3.8, 4) is 51.5 Å². The predicted octanol–water partition coefficient (Wildman–Crippen LogP) is 9.54. The molecule has 0 unspecified atom stereocenters. The first-order valence-corrected chi connectivity index (χ1v) is 14.4. The van der Waals surface area contributed by atoms with Crippen LogP contribution in [0, 0.1) is 11.3 Å². The molecule has 9 heteroatoms. The zero-order chi connectivity index (χ0) is 31.1. The van der Waals surface area contributed by atoms with Crippen molar-refractivity contribution in [1.29, 1.82) is 5.26 Å². The lowest BCUT2D eigenvalue weighted by Crippen LogP contribution is -2.01. The standard InChI is InChI=1S/C35H28Cl2N2O5/c1-4-42-31-18-23(17-30(37)34(31)43-21-22-5-11-26(36)12-6-22)20-39-35-29(19-38)32(24-7-13-27(40-2)14-8-24)33(44-35)25-9-15-28(41-3)16-10-25/h5-18,20H,4,21H2,1-3H3. The Morgan fingerprint density at radius 2 is 1.48 bits per heavy atom. The number of nitrogens with zero attached hydrogens (tertiary/aromatic N) is 2. The molecule has 0 aliphatic rings. The third-order valence-corrected chi connectivity index (χ3v) is 7.22. The van der Waals surface area contributed by atoms with Crippen molar-refractivity contribution in [2.24, 2.45) is 4.99 Å². The molecule has 222 valence electrons. The van der Waals surface area contributed by atoms with E-state index in [0.29, 0.717) is 56.5 Å². The molecule has 0 amide bonds. The number of hydrogen-bond donors (Lipinski definition) is 0. The van der Waals surface area contributed by atoms with E-state index in [1.807, 2.05) is 67.6 Å². The summed E-state index contributed by atoms with van der Waals surface area (Å²) in [6, 6.07) is 28.0. The lowest BCUT2D eigenvalue weighted by atomic mass is 9.98. The number of nitriles is 1. The molecule has 0 bridgehead atoms. The molecule has 0 aliphatic carbocycles. The molecular weight excluding hydrogens is 599 g/mol. The van der Waals surface area contributed by atoms with Gasteiger partial charge in [0, 0.05) is 22.4 Å². The number of halogens is 2. The highest BCUT2D eigenvalue weighted by molar-refractivity contribution is 6.32. The number of furan rings is 1. The summed E-state index contributed by atoms with van der Waals surface area (Å²) in [7, 11) is 3.21. The Hall–Kier alpha value is -4.90. The van der Waals surface area contributed by atoms with Crippen molar-refractivity contribution < 1.29 is 23.4 Å². The number of rotatable bonds is 11. The van der Waals surface area contributed by atoms with Gasteiger partial charge in [-0.05, 0) is 84.3 Å². The molecule has 0 radical (unpaired) electrons. The fourth-order valence-corrected chi connectivity index (χ4v) is 4.93. The summed E-state index contributed by atoms with van der Waals surface area (Å²) in [6.07, 6.45) is 1.58. The molecule has 4 aromatic carbocycles. The van der Waals surface area contributed by atoms with Crippen LogP contribution < -0.4 is 18.9 Å². The molecule has 5 rings (SSSR count). The molecule has 0 N–H and O–H groups in total. The van der Waals surface area contributed by atoms with Crippen molar-refractivity contribution in [2.45, 2.75) is 13.5 Å². The van der Waals surface area contributed by atoms with Gasteiger partial charge < -0.3 is 23.4 Å². The first-order valence-electron chi connectivity index (χ1n) is 13.7. The third-order valence-electron chi connectivity index (χ3n) is 6.69. The molecule has 0 aliphatic heterocycles. The van der Waals surface area contributed by atoms with E-state index in [9.17, 15) is 5.26 Å². The lowest BCUT2D eigenvalue weighted by molar-refractivity contribution is 0.269. The van der Waals surface area contributed by atoms with Gasteiger partial charge in [0.1, 0.15) is 35.5 Å². The Morgan fingerprint density at radius 1 is 0.841 bits per heavy atom. The van der Waals surface area contributed by atoms with Crippen molar-refractivity contribution >= 4 is 35.3 Å². The lowest BCUT2D eigenvalue weighted by Gasteiger charge is -2.14. The molecule has 0 spiro atoms. The quantitative estimate of drug-likeness (QED) is 0.136. The number of ether oxygens (including phenoxy) is 4. The van der Waals surface area contributed by atoms with E-state index in [1.165, 1.54) is 0 Å². The molecule has 1 heterocycles. The Kier molecular flexibility index (Phi) is 9.75. The van der Waals surface area contributed by atoms with E-state index in [0.717, 1.165) is 16.7 Å². The zero-order valence-electron chi connectivity index (χ0n) is 24.3. The van der Waals surface area contributed by atoms with E-state index in [2.05, 4.69) is 11.1 Å². The molecule has 0 atom stereocenters. The highest BCUT2D eigenvalue weighted by Gasteiger charge is 2.23. The fourth-order valence-electron chi connectivity index (χ4n) is 4.53. The molecule has 7 nitrogen and oxygen atoms in total. The van der Waals surface area contributed by atoms with Crippen LogP contribution in [0.1, 0.15) is 23.6 Å². The minimum absolute atomic E-state index is 0.154. The van der Waals surface area contributed by atoms with Gasteiger partial charge in [-0.15, -0.1) is 0 Å². The average molecular weight is 628 g/mol. The van der Waals surface area contributed by atoms with Crippen molar-refractivity contribution in [3.05, 3.63) is 112 Å². The summed E-state index contributed by atoms with van der Waals surface area (Å²) in [6.45, 7) is 2.56. The molecule has 0 fully saturated rings. The summed E-state index contributed by atoms with van der Waals surface area (Å²) in [5.41, 5.74) is 4.01. The van der Waals surface area contributed by atoms with E-state index in [4.69, 9.17) is 46.6 Å². The van der Waals surface area contributed by atoms with Crippen LogP contribution in [0.15, 0.2) is 94.3 Å². The van der Waals surface area contributed by atoms with Crippen LogP contribution in [0.4, 0.5) is 5.88 Å². The highest BCUT2D eigenvalue weighted by Crippen LogP contribution is 2.43. The number of methoxy groups -OCH3 is 2. The second kappa shape index (κ2) is 14.0. The predicted molar refractivity (Wildman–Crippen MR) is 173 cm³/mol. The maximum absolute atomic E-state index is 10.3. The second-order valence-corrected chi connectivity index (χ2v) is 10.3. The first kappa shape index (κ1) is 30.6. The van der Waals surface area contributed by atoms with Crippen LogP contribution >= 0.6 is 23.2 Å². The van der Waals surface area contributed by atoms with Gasteiger partial charge in [0.05, 0.1) is 25.8 Å². The minimum Gasteiger partial charge on any atom is -0.497 e. The van der Waals surface area contributed by atoms with Gasteiger partial charge in [-0.1, -0.05) is 47.5 Å². The normalized spacial score (nSPS) is 10.9. The molecule has 44 heavy (non-hydrogen) atoms. The van der Waals surface area contributed by atoms with Crippen molar-refractivity contribution in [1.82, 2.24) is 0 Å².